The quantitative estimate of drug-likeness (QED) is 0.912. The Kier molecular flexibility index (Phi) is 3.76. The fourth-order valence-corrected chi connectivity index (χ4v) is 1.98. The number of hydrogen-bond acceptors (Lipinski definition) is 4. The SMILES string of the molecule is Cc1cc(NCc2cnccc2C)c(C#N)c(C)n1. The van der Waals surface area contributed by atoms with E-state index in [0.717, 1.165) is 22.6 Å². The van der Waals surface area contributed by atoms with Gasteiger partial charge in [-0.1, -0.05) is 0 Å². The van der Waals surface area contributed by atoms with Crippen molar-refractivity contribution < 1.29 is 0 Å². The molecule has 4 nitrogen and oxygen atoms in total. The van der Waals surface area contributed by atoms with Crippen LogP contribution in [0.5, 0.6) is 0 Å². The highest BCUT2D eigenvalue weighted by Crippen LogP contribution is 2.19. The molecule has 19 heavy (non-hydrogen) atoms. The van der Waals surface area contributed by atoms with E-state index in [1.807, 2.05) is 39.1 Å². The average Bonchev–Trinajstić information content (AvgIpc) is 2.37. The van der Waals surface area contributed by atoms with Crippen LogP contribution in [0.15, 0.2) is 24.5 Å². The molecule has 96 valence electrons. The summed E-state index contributed by atoms with van der Waals surface area (Å²) in [5.74, 6) is 0. The van der Waals surface area contributed by atoms with E-state index in [0.29, 0.717) is 12.1 Å². The smallest absolute Gasteiger partial charge is 0.103 e. The summed E-state index contributed by atoms with van der Waals surface area (Å²) in [6.07, 6.45) is 3.62. The van der Waals surface area contributed by atoms with E-state index >= 15 is 0 Å². The Morgan fingerprint density at radius 2 is 2.11 bits per heavy atom. The Morgan fingerprint density at radius 1 is 1.32 bits per heavy atom. The van der Waals surface area contributed by atoms with Crippen LogP contribution in [0, 0.1) is 32.1 Å². The molecule has 0 aromatic carbocycles. The van der Waals surface area contributed by atoms with Crippen molar-refractivity contribution in [1.82, 2.24) is 9.97 Å². The number of pyridine rings is 2. The second kappa shape index (κ2) is 5.49. The van der Waals surface area contributed by atoms with E-state index in [1.54, 1.807) is 6.20 Å². The topological polar surface area (TPSA) is 61.6 Å². The molecular formula is C15H16N4. The highest BCUT2D eigenvalue weighted by atomic mass is 14.9. The van der Waals surface area contributed by atoms with E-state index < -0.39 is 0 Å². The van der Waals surface area contributed by atoms with Gasteiger partial charge in [0.1, 0.15) is 6.07 Å². The van der Waals surface area contributed by atoms with Gasteiger partial charge in [-0.05, 0) is 44.0 Å². The van der Waals surface area contributed by atoms with Crippen LogP contribution >= 0.6 is 0 Å². The zero-order valence-corrected chi connectivity index (χ0v) is 11.4. The summed E-state index contributed by atoms with van der Waals surface area (Å²) in [6.45, 7) is 6.48. The molecule has 0 fully saturated rings. The Labute approximate surface area is 113 Å². The number of nitriles is 1. The van der Waals surface area contributed by atoms with Crippen LogP contribution in [-0.2, 0) is 6.54 Å². The fourth-order valence-electron chi connectivity index (χ4n) is 1.98. The van der Waals surface area contributed by atoms with Crippen molar-refractivity contribution in [2.45, 2.75) is 27.3 Å². The maximum Gasteiger partial charge on any atom is 0.103 e. The molecule has 0 unspecified atom stereocenters. The Morgan fingerprint density at radius 3 is 2.79 bits per heavy atom. The lowest BCUT2D eigenvalue weighted by molar-refractivity contribution is 1.06. The first-order valence-electron chi connectivity index (χ1n) is 6.13. The highest BCUT2D eigenvalue weighted by Gasteiger charge is 2.08. The molecular weight excluding hydrogens is 236 g/mol. The fraction of sp³-hybridized carbons (Fsp3) is 0.267. The lowest BCUT2D eigenvalue weighted by Crippen LogP contribution is -2.05. The molecule has 0 atom stereocenters. The lowest BCUT2D eigenvalue weighted by atomic mass is 10.1. The molecule has 2 rings (SSSR count). The van der Waals surface area contributed by atoms with Crippen LogP contribution in [0.3, 0.4) is 0 Å². The van der Waals surface area contributed by atoms with Crippen molar-refractivity contribution in [2.75, 3.05) is 5.32 Å². The second-order valence-electron chi connectivity index (χ2n) is 4.54. The molecule has 0 aliphatic rings. The molecule has 2 aromatic rings. The van der Waals surface area contributed by atoms with Gasteiger partial charge in [0.2, 0.25) is 0 Å². The third-order valence-electron chi connectivity index (χ3n) is 3.06. The molecule has 1 N–H and O–H groups in total. The maximum atomic E-state index is 9.20. The van der Waals surface area contributed by atoms with Crippen LogP contribution in [0.2, 0.25) is 0 Å². The molecule has 0 amide bonds. The number of nitrogens with one attached hydrogen (secondary N) is 1. The molecule has 0 radical (unpaired) electrons. The van der Waals surface area contributed by atoms with Gasteiger partial charge in [-0.25, -0.2) is 0 Å². The summed E-state index contributed by atoms with van der Waals surface area (Å²) < 4.78 is 0. The van der Waals surface area contributed by atoms with Crippen LogP contribution in [0.25, 0.3) is 0 Å². The number of hydrogen-bond donors (Lipinski definition) is 1. The Bertz CT molecular complexity index is 641. The molecule has 0 aliphatic heterocycles. The minimum atomic E-state index is 0.604. The largest absolute Gasteiger partial charge is 0.380 e. The van der Waals surface area contributed by atoms with Gasteiger partial charge in [0.15, 0.2) is 0 Å². The number of nitrogens with zero attached hydrogens (tertiary/aromatic N) is 3. The first-order chi connectivity index (χ1) is 9.11. The molecule has 2 aromatic heterocycles. The van der Waals surface area contributed by atoms with Crippen LogP contribution in [0.1, 0.15) is 28.1 Å². The van der Waals surface area contributed by atoms with Gasteiger partial charge in [-0.15, -0.1) is 0 Å². The van der Waals surface area contributed by atoms with Gasteiger partial charge < -0.3 is 5.32 Å². The second-order valence-corrected chi connectivity index (χ2v) is 4.54. The standard InChI is InChI=1S/C15H16N4/c1-10-4-5-17-8-13(10)9-18-15-6-11(2)19-12(3)14(15)7-16/h4-6,8H,9H2,1-3H3,(H,18,19). The van der Waals surface area contributed by atoms with Gasteiger partial charge in [0.05, 0.1) is 16.9 Å². The maximum absolute atomic E-state index is 9.20. The number of aromatic nitrogens is 2. The molecule has 0 aliphatic carbocycles. The van der Waals surface area contributed by atoms with Gasteiger partial charge in [-0.3, -0.25) is 9.97 Å². The van der Waals surface area contributed by atoms with Crippen molar-refractivity contribution in [3.63, 3.8) is 0 Å². The Hall–Kier alpha value is -2.41. The highest BCUT2D eigenvalue weighted by molar-refractivity contribution is 5.60. The number of rotatable bonds is 3. The molecule has 4 heteroatoms. The average molecular weight is 252 g/mol. The third-order valence-corrected chi connectivity index (χ3v) is 3.06. The van der Waals surface area contributed by atoms with Crippen molar-refractivity contribution in [3.05, 3.63) is 52.6 Å². The molecule has 0 spiro atoms. The molecule has 0 saturated carbocycles. The van der Waals surface area contributed by atoms with Crippen LogP contribution in [-0.4, -0.2) is 9.97 Å². The normalized spacial score (nSPS) is 10.0. The third kappa shape index (κ3) is 2.89. The monoisotopic (exact) mass is 252 g/mol. The predicted molar refractivity (Wildman–Crippen MR) is 74.7 cm³/mol. The molecule has 0 bridgehead atoms. The van der Waals surface area contributed by atoms with Crippen molar-refractivity contribution in [2.24, 2.45) is 0 Å². The molecule has 2 heterocycles. The first kappa shape index (κ1) is 13.0. The van der Waals surface area contributed by atoms with Gasteiger partial charge >= 0.3 is 0 Å². The Balaban J connectivity index is 2.25. The summed E-state index contributed by atoms with van der Waals surface area (Å²) in [4.78, 5) is 8.42. The van der Waals surface area contributed by atoms with E-state index in [1.165, 1.54) is 5.56 Å². The zero-order valence-electron chi connectivity index (χ0n) is 11.4. The summed E-state index contributed by atoms with van der Waals surface area (Å²) in [5.41, 5.74) is 5.40. The summed E-state index contributed by atoms with van der Waals surface area (Å²) in [7, 11) is 0. The number of anilines is 1. The minimum Gasteiger partial charge on any atom is -0.380 e. The number of aryl methyl sites for hydroxylation is 3. The van der Waals surface area contributed by atoms with Gasteiger partial charge in [0, 0.05) is 24.6 Å². The van der Waals surface area contributed by atoms with Crippen molar-refractivity contribution in [3.8, 4) is 6.07 Å². The van der Waals surface area contributed by atoms with E-state index in [4.69, 9.17) is 0 Å². The lowest BCUT2D eigenvalue weighted by Gasteiger charge is -2.12. The summed E-state index contributed by atoms with van der Waals surface area (Å²) >= 11 is 0. The first-order valence-corrected chi connectivity index (χ1v) is 6.13. The summed E-state index contributed by atoms with van der Waals surface area (Å²) in [5, 5.41) is 12.5. The van der Waals surface area contributed by atoms with E-state index in [2.05, 4.69) is 21.4 Å². The van der Waals surface area contributed by atoms with Crippen LogP contribution in [0.4, 0.5) is 5.69 Å². The van der Waals surface area contributed by atoms with Crippen LogP contribution < -0.4 is 5.32 Å². The van der Waals surface area contributed by atoms with Crippen molar-refractivity contribution >= 4 is 5.69 Å². The summed E-state index contributed by atoms with van der Waals surface area (Å²) in [6, 6.07) is 6.08. The minimum absolute atomic E-state index is 0.604. The predicted octanol–water partition coefficient (Wildman–Crippen LogP) is 2.89. The molecule has 0 saturated heterocycles. The van der Waals surface area contributed by atoms with E-state index in [-0.39, 0.29) is 0 Å². The van der Waals surface area contributed by atoms with Gasteiger partial charge in [-0.2, -0.15) is 5.26 Å². The zero-order chi connectivity index (χ0) is 13.8. The van der Waals surface area contributed by atoms with Gasteiger partial charge in [0.25, 0.3) is 0 Å². The van der Waals surface area contributed by atoms with E-state index in [9.17, 15) is 5.26 Å². The van der Waals surface area contributed by atoms with Crippen molar-refractivity contribution in [1.29, 1.82) is 5.26 Å².